The molecule has 1 aromatic carbocycles. The summed E-state index contributed by atoms with van der Waals surface area (Å²) in [6.45, 7) is 5.72. The van der Waals surface area contributed by atoms with Crippen LogP contribution in [-0.2, 0) is 24.1 Å². The van der Waals surface area contributed by atoms with Gasteiger partial charge in [0.2, 0.25) is 5.91 Å². The normalized spacial score (nSPS) is 12.4. The van der Waals surface area contributed by atoms with Gasteiger partial charge in [0, 0.05) is 30.3 Å². The number of unbranched alkanes of at least 4 members (excludes halogenated alkanes) is 1. The number of rotatable bonds is 5. The third kappa shape index (κ3) is 2.81. The molecule has 1 amide bonds. The number of carbonyl (C=O) groups is 1. The molecule has 1 aliphatic carbocycles. The fourth-order valence-corrected chi connectivity index (χ4v) is 3.10. The average molecular weight is 310 g/mol. The summed E-state index contributed by atoms with van der Waals surface area (Å²) in [6.07, 6.45) is 6.47. The topological polar surface area (TPSA) is 46.3 Å². The van der Waals surface area contributed by atoms with Crippen LogP contribution >= 0.6 is 0 Å². The van der Waals surface area contributed by atoms with Gasteiger partial charge in [0.05, 0.1) is 0 Å². The van der Waals surface area contributed by atoms with Crippen molar-refractivity contribution in [3.63, 3.8) is 0 Å². The molecule has 0 bridgehead atoms. The lowest BCUT2D eigenvalue weighted by molar-refractivity contribution is -0.113. The van der Waals surface area contributed by atoms with Gasteiger partial charge in [-0.15, -0.1) is 0 Å². The Morgan fingerprint density at radius 1 is 1.43 bits per heavy atom. The molecule has 0 saturated carbocycles. The largest absolute Gasteiger partial charge is 0.360 e. The first-order valence-corrected chi connectivity index (χ1v) is 8.16. The number of fused-ring (bicyclic) bond motifs is 3. The number of aryl methyl sites for hydroxylation is 2. The van der Waals surface area contributed by atoms with Gasteiger partial charge >= 0.3 is 0 Å². The number of benzene rings is 1. The number of carbonyl (C=O) groups excluding carboxylic acids is 1. The summed E-state index contributed by atoms with van der Waals surface area (Å²) < 4.78 is 5.58. The number of aromatic nitrogens is 1. The van der Waals surface area contributed by atoms with Crippen molar-refractivity contribution in [1.29, 1.82) is 0 Å². The Balaban J connectivity index is 1.93. The lowest BCUT2D eigenvalue weighted by Crippen LogP contribution is -2.24. The van der Waals surface area contributed by atoms with E-state index in [1.165, 1.54) is 17.2 Å². The van der Waals surface area contributed by atoms with Crippen LogP contribution in [-0.4, -0.2) is 18.1 Å². The number of anilines is 1. The second-order valence-electron chi connectivity index (χ2n) is 5.98. The molecule has 1 aromatic heterocycles. The second-order valence-corrected chi connectivity index (χ2v) is 5.98. The molecule has 0 unspecified atom stereocenters. The van der Waals surface area contributed by atoms with Gasteiger partial charge in [-0.3, -0.25) is 4.79 Å². The molecule has 1 aliphatic rings. The molecule has 0 N–H and O–H groups in total. The van der Waals surface area contributed by atoms with Crippen molar-refractivity contribution in [3.8, 4) is 11.3 Å². The Hall–Kier alpha value is -2.36. The summed E-state index contributed by atoms with van der Waals surface area (Å²) in [7, 11) is 1.76. The smallest absolute Gasteiger partial charge is 0.250 e. The van der Waals surface area contributed by atoms with Gasteiger partial charge in [-0.2, -0.15) is 0 Å². The van der Waals surface area contributed by atoms with Crippen molar-refractivity contribution in [2.75, 3.05) is 11.9 Å². The lowest BCUT2D eigenvalue weighted by atomic mass is 9.88. The molecular formula is C19H22N2O2. The number of amides is 1. The standard InChI is InChI=1S/C19H22N2O2/c1-4-6-7-17-16-10-8-13-12-14(21(3)18(22)5-2)9-11-15(13)19(16)20-23-17/h5,9,11-12H,2,4,6-8,10H2,1,3H3. The van der Waals surface area contributed by atoms with E-state index in [1.807, 2.05) is 12.1 Å². The van der Waals surface area contributed by atoms with Crippen LogP contribution in [0.15, 0.2) is 35.4 Å². The summed E-state index contributed by atoms with van der Waals surface area (Å²) >= 11 is 0. The maximum absolute atomic E-state index is 11.8. The molecular weight excluding hydrogens is 288 g/mol. The molecule has 4 nitrogen and oxygen atoms in total. The third-order valence-electron chi connectivity index (χ3n) is 4.51. The zero-order valence-electron chi connectivity index (χ0n) is 13.8. The molecule has 4 heteroatoms. The fraction of sp³-hybridized carbons (Fsp3) is 0.368. The van der Waals surface area contributed by atoms with E-state index >= 15 is 0 Å². The van der Waals surface area contributed by atoms with Crippen molar-refractivity contribution in [2.45, 2.75) is 39.0 Å². The van der Waals surface area contributed by atoms with E-state index < -0.39 is 0 Å². The van der Waals surface area contributed by atoms with E-state index in [-0.39, 0.29) is 5.91 Å². The summed E-state index contributed by atoms with van der Waals surface area (Å²) in [5.41, 5.74) is 5.46. The molecule has 0 spiro atoms. The summed E-state index contributed by atoms with van der Waals surface area (Å²) in [4.78, 5) is 13.4. The predicted molar refractivity (Wildman–Crippen MR) is 91.6 cm³/mol. The molecule has 0 radical (unpaired) electrons. The highest BCUT2D eigenvalue weighted by molar-refractivity contribution is 6.00. The van der Waals surface area contributed by atoms with Crippen LogP contribution in [0.3, 0.4) is 0 Å². The van der Waals surface area contributed by atoms with Crippen molar-refractivity contribution < 1.29 is 9.32 Å². The van der Waals surface area contributed by atoms with Gasteiger partial charge < -0.3 is 9.42 Å². The predicted octanol–water partition coefficient (Wildman–Crippen LogP) is 3.93. The van der Waals surface area contributed by atoms with Crippen LogP contribution < -0.4 is 4.90 Å². The summed E-state index contributed by atoms with van der Waals surface area (Å²) in [5, 5.41) is 4.31. The molecule has 2 aromatic rings. The molecule has 120 valence electrons. The van der Waals surface area contributed by atoms with E-state index in [0.29, 0.717) is 0 Å². The lowest BCUT2D eigenvalue weighted by Gasteiger charge is -2.20. The van der Waals surface area contributed by atoms with E-state index in [4.69, 9.17) is 4.52 Å². The minimum atomic E-state index is -0.107. The van der Waals surface area contributed by atoms with Crippen molar-refractivity contribution in [1.82, 2.24) is 5.16 Å². The average Bonchev–Trinajstić information content (AvgIpc) is 3.01. The van der Waals surface area contributed by atoms with Crippen molar-refractivity contribution in [2.24, 2.45) is 0 Å². The number of nitrogens with zero attached hydrogens (tertiary/aromatic N) is 2. The Morgan fingerprint density at radius 2 is 2.26 bits per heavy atom. The maximum atomic E-state index is 11.8. The third-order valence-corrected chi connectivity index (χ3v) is 4.51. The minimum Gasteiger partial charge on any atom is -0.360 e. The highest BCUT2D eigenvalue weighted by Crippen LogP contribution is 2.36. The van der Waals surface area contributed by atoms with Gasteiger partial charge in [0.1, 0.15) is 11.5 Å². The summed E-state index contributed by atoms with van der Waals surface area (Å²) in [5.74, 6) is 0.931. The Labute approximate surface area is 136 Å². The van der Waals surface area contributed by atoms with Crippen LogP contribution in [0.5, 0.6) is 0 Å². The Kier molecular flexibility index (Phi) is 4.33. The molecule has 0 atom stereocenters. The molecule has 3 rings (SSSR count). The molecule has 1 heterocycles. The fourth-order valence-electron chi connectivity index (χ4n) is 3.10. The van der Waals surface area contributed by atoms with E-state index in [2.05, 4.69) is 24.7 Å². The molecule has 0 aliphatic heterocycles. The highest BCUT2D eigenvalue weighted by atomic mass is 16.5. The Bertz CT molecular complexity index is 746. The first-order valence-electron chi connectivity index (χ1n) is 8.16. The van der Waals surface area contributed by atoms with Crippen LogP contribution in [0.1, 0.15) is 36.7 Å². The van der Waals surface area contributed by atoms with Crippen molar-refractivity contribution >= 4 is 11.6 Å². The van der Waals surface area contributed by atoms with Crippen LogP contribution in [0, 0.1) is 0 Å². The zero-order chi connectivity index (χ0) is 16.4. The van der Waals surface area contributed by atoms with Gasteiger partial charge in [0.15, 0.2) is 0 Å². The van der Waals surface area contributed by atoms with Crippen molar-refractivity contribution in [3.05, 3.63) is 47.7 Å². The van der Waals surface area contributed by atoms with E-state index in [9.17, 15) is 4.79 Å². The summed E-state index contributed by atoms with van der Waals surface area (Å²) in [6, 6.07) is 6.07. The quantitative estimate of drug-likeness (QED) is 0.786. The maximum Gasteiger partial charge on any atom is 0.250 e. The van der Waals surface area contributed by atoms with E-state index in [0.717, 1.165) is 54.8 Å². The number of hydrogen-bond donors (Lipinski definition) is 0. The molecule has 0 saturated heterocycles. The van der Waals surface area contributed by atoms with Gasteiger partial charge in [-0.1, -0.05) is 31.1 Å². The van der Waals surface area contributed by atoms with Crippen LogP contribution in [0.25, 0.3) is 11.3 Å². The monoisotopic (exact) mass is 310 g/mol. The number of hydrogen-bond acceptors (Lipinski definition) is 3. The Morgan fingerprint density at radius 3 is 3.00 bits per heavy atom. The molecule has 0 fully saturated rings. The SMILES string of the molecule is C=CC(=O)N(C)c1ccc2c(c1)CCc1c-2noc1CCCC. The van der Waals surface area contributed by atoms with Gasteiger partial charge in [0.25, 0.3) is 0 Å². The first-order chi connectivity index (χ1) is 11.2. The first kappa shape index (κ1) is 15.5. The highest BCUT2D eigenvalue weighted by Gasteiger charge is 2.24. The van der Waals surface area contributed by atoms with E-state index in [1.54, 1.807) is 11.9 Å². The molecule has 23 heavy (non-hydrogen) atoms. The van der Waals surface area contributed by atoms with Gasteiger partial charge in [-0.25, -0.2) is 0 Å². The van der Waals surface area contributed by atoms with Crippen LogP contribution in [0.2, 0.25) is 0 Å². The second kappa shape index (κ2) is 6.41. The van der Waals surface area contributed by atoms with Gasteiger partial charge in [-0.05, 0) is 43.0 Å². The number of likely N-dealkylation sites (N-methyl/N-ethyl adjacent to an activating group) is 1. The zero-order valence-corrected chi connectivity index (χ0v) is 13.8. The minimum absolute atomic E-state index is 0.107. The van der Waals surface area contributed by atoms with Crippen LogP contribution in [0.4, 0.5) is 5.69 Å².